The third kappa shape index (κ3) is 4.31. The number of methoxy groups -OCH3 is 1. The van der Waals surface area contributed by atoms with Crippen LogP contribution in [0.2, 0.25) is 10.0 Å². The molecule has 0 amide bonds. The zero-order valence-corrected chi connectivity index (χ0v) is 16.9. The molecule has 0 fully saturated rings. The van der Waals surface area contributed by atoms with E-state index in [1.165, 1.54) is 0 Å². The van der Waals surface area contributed by atoms with Gasteiger partial charge in [-0.1, -0.05) is 47.5 Å². The zero-order valence-electron chi connectivity index (χ0n) is 15.4. The molecule has 0 aliphatic carbocycles. The molecule has 0 aliphatic rings. The Bertz CT molecular complexity index is 1210. The first kappa shape index (κ1) is 19.2. The number of halogens is 2. The Kier molecular flexibility index (Phi) is 5.60. The minimum atomic E-state index is 0.450. The highest BCUT2D eigenvalue weighted by Crippen LogP contribution is 2.29. The van der Waals surface area contributed by atoms with Crippen molar-refractivity contribution in [2.75, 3.05) is 12.5 Å². The van der Waals surface area contributed by atoms with E-state index in [4.69, 9.17) is 27.9 Å². The van der Waals surface area contributed by atoms with Crippen LogP contribution < -0.4 is 10.2 Å². The van der Waals surface area contributed by atoms with Crippen LogP contribution in [0.4, 0.5) is 5.82 Å². The van der Waals surface area contributed by atoms with Gasteiger partial charge in [0.2, 0.25) is 0 Å². The Morgan fingerprint density at radius 1 is 0.931 bits per heavy atom. The number of ether oxygens (including phenoxy) is 1. The minimum Gasteiger partial charge on any atom is -0.497 e. The summed E-state index contributed by atoms with van der Waals surface area (Å²) < 4.78 is 5.24. The second-order valence-electron chi connectivity index (χ2n) is 6.19. The predicted octanol–water partition coefficient (Wildman–Crippen LogP) is 6.06. The maximum atomic E-state index is 6.16. The Balaban J connectivity index is 1.70. The summed E-state index contributed by atoms with van der Waals surface area (Å²) in [6.45, 7) is 0. The fourth-order valence-corrected chi connectivity index (χ4v) is 3.11. The van der Waals surface area contributed by atoms with Crippen molar-refractivity contribution in [2.24, 2.45) is 5.10 Å². The summed E-state index contributed by atoms with van der Waals surface area (Å²) in [5, 5.41) is 6.13. The number of hydrazone groups is 1. The second kappa shape index (κ2) is 8.47. The predicted molar refractivity (Wildman–Crippen MR) is 119 cm³/mol. The number of hydrogen-bond acceptors (Lipinski definition) is 5. The van der Waals surface area contributed by atoms with E-state index >= 15 is 0 Å². The first-order valence-electron chi connectivity index (χ1n) is 8.79. The molecule has 5 nitrogen and oxygen atoms in total. The number of anilines is 1. The van der Waals surface area contributed by atoms with E-state index in [1.807, 2.05) is 54.6 Å². The summed E-state index contributed by atoms with van der Waals surface area (Å²) in [6.07, 6.45) is 1.71. The van der Waals surface area contributed by atoms with Crippen LogP contribution >= 0.6 is 23.2 Å². The van der Waals surface area contributed by atoms with E-state index in [2.05, 4.69) is 20.5 Å². The maximum Gasteiger partial charge on any atom is 0.162 e. The van der Waals surface area contributed by atoms with E-state index in [9.17, 15) is 0 Å². The lowest BCUT2D eigenvalue weighted by atomic mass is 10.2. The number of fused-ring (bicyclic) bond motifs is 1. The molecule has 0 atom stereocenters. The van der Waals surface area contributed by atoms with E-state index in [1.54, 1.807) is 25.5 Å². The van der Waals surface area contributed by atoms with Crippen LogP contribution in [0.1, 0.15) is 5.56 Å². The average molecular weight is 423 g/mol. The number of aromatic nitrogens is 2. The SMILES string of the molecule is COc1cccc(C=NNc2nc(-c3ccc(Cl)c(Cl)c3)nc3ccccc23)c1. The molecule has 1 aromatic heterocycles. The molecule has 7 heteroatoms. The van der Waals surface area contributed by atoms with Crippen molar-refractivity contribution >= 4 is 46.1 Å². The van der Waals surface area contributed by atoms with Gasteiger partial charge in [-0.25, -0.2) is 9.97 Å². The number of para-hydroxylation sites is 1. The van der Waals surface area contributed by atoms with Crippen LogP contribution in [0.3, 0.4) is 0 Å². The quantitative estimate of drug-likeness (QED) is 0.313. The van der Waals surface area contributed by atoms with Crippen molar-refractivity contribution in [3.63, 3.8) is 0 Å². The van der Waals surface area contributed by atoms with Crippen molar-refractivity contribution in [1.82, 2.24) is 9.97 Å². The molecule has 0 bridgehead atoms. The largest absolute Gasteiger partial charge is 0.497 e. The van der Waals surface area contributed by atoms with Crippen molar-refractivity contribution in [2.45, 2.75) is 0 Å². The lowest BCUT2D eigenvalue weighted by molar-refractivity contribution is 0.415. The van der Waals surface area contributed by atoms with Crippen LogP contribution in [0.15, 0.2) is 71.8 Å². The summed E-state index contributed by atoms with van der Waals surface area (Å²) >= 11 is 12.2. The van der Waals surface area contributed by atoms with Gasteiger partial charge in [0.1, 0.15) is 5.75 Å². The molecule has 0 aliphatic heterocycles. The van der Waals surface area contributed by atoms with Gasteiger partial charge in [-0.2, -0.15) is 5.10 Å². The minimum absolute atomic E-state index is 0.450. The Morgan fingerprint density at radius 3 is 2.62 bits per heavy atom. The molecule has 3 aromatic carbocycles. The molecule has 1 N–H and O–H groups in total. The topological polar surface area (TPSA) is 59.4 Å². The van der Waals surface area contributed by atoms with Crippen molar-refractivity contribution < 1.29 is 4.74 Å². The number of hydrogen-bond donors (Lipinski definition) is 1. The summed E-state index contributed by atoms with van der Waals surface area (Å²) in [5.41, 5.74) is 5.49. The molecule has 1 heterocycles. The van der Waals surface area contributed by atoms with Gasteiger partial charge in [-0.05, 0) is 48.0 Å². The first-order chi connectivity index (χ1) is 14.1. The Hall–Kier alpha value is -3.15. The van der Waals surface area contributed by atoms with Crippen molar-refractivity contribution in [3.8, 4) is 17.1 Å². The third-order valence-corrected chi connectivity index (χ3v) is 5.00. The number of nitrogens with zero attached hydrogens (tertiary/aromatic N) is 3. The Labute approximate surface area is 178 Å². The molecular formula is C22H16Cl2N4O. The molecule has 144 valence electrons. The summed E-state index contributed by atoms with van der Waals surface area (Å²) in [7, 11) is 1.63. The van der Waals surface area contributed by atoms with E-state index in [0.29, 0.717) is 21.7 Å². The average Bonchev–Trinajstić information content (AvgIpc) is 2.75. The highest BCUT2D eigenvalue weighted by molar-refractivity contribution is 6.42. The summed E-state index contributed by atoms with van der Waals surface area (Å²) in [5.74, 6) is 1.89. The number of benzene rings is 3. The standard InChI is InChI=1S/C22H16Cl2N4O/c1-29-16-6-4-5-14(11-16)13-25-28-22-17-7-2-3-8-20(17)26-21(27-22)15-9-10-18(23)19(24)12-15/h2-13H,1H3,(H,26,27,28). The summed E-state index contributed by atoms with van der Waals surface area (Å²) in [4.78, 5) is 9.29. The number of nitrogens with one attached hydrogen (secondary N) is 1. The van der Waals surface area contributed by atoms with E-state index in [-0.39, 0.29) is 0 Å². The normalized spacial score (nSPS) is 11.1. The molecule has 4 rings (SSSR count). The van der Waals surface area contributed by atoms with Gasteiger partial charge >= 0.3 is 0 Å². The molecule has 29 heavy (non-hydrogen) atoms. The van der Waals surface area contributed by atoms with Crippen molar-refractivity contribution in [3.05, 3.63) is 82.3 Å². The third-order valence-electron chi connectivity index (χ3n) is 4.26. The second-order valence-corrected chi connectivity index (χ2v) is 7.00. The monoisotopic (exact) mass is 422 g/mol. The molecular weight excluding hydrogens is 407 g/mol. The van der Waals surface area contributed by atoms with Gasteiger partial charge < -0.3 is 4.74 Å². The maximum absolute atomic E-state index is 6.16. The van der Waals surface area contributed by atoms with Crippen LogP contribution in [-0.4, -0.2) is 23.3 Å². The molecule has 0 spiro atoms. The summed E-state index contributed by atoms with van der Waals surface area (Å²) in [6, 6.07) is 20.7. The smallest absolute Gasteiger partial charge is 0.162 e. The van der Waals surface area contributed by atoms with E-state index < -0.39 is 0 Å². The highest BCUT2D eigenvalue weighted by Gasteiger charge is 2.10. The lowest BCUT2D eigenvalue weighted by Crippen LogP contribution is -1.99. The van der Waals surface area contributed by atoms with Gasteiger partial charge in [0.05, 0.1) is 28.9 Å². The highest BCUT2D eigenvalue weighted by atomic mass is 35.5. The van der Waals surface area contributed by atoms with Crippen LogP contribution in [0.5, 0.6) is 5.75 Å². The molecule has 4 aromatic rings. The van der Waals surface area contributed by atoms with Crippen LogP contribution in [0.25, 0.3) is 22.3 Å². The van der Waals surface area contributed by atoms with Gasteiger partial charge in [0.25, 0.3) is 0 Å². The van der Waals surface area contributed by atoms with Gasteiger partial charge in [-0.15, -0.1) is 0 Å². The molecule has 0 unspecified atom stereocenters. The first-order valence-corrected chi connectivity index (χ1v) is 9.55. The molecule has 0 saturated carbocycles. The molecule has 0 radical (unpaired) electrons. The van der Waals surface area contributed by atoms with Gasteiger partial charge in [0.15, 0.2) is 11.6 Å². The van der Waals surface area contributed by atoms with Crippen molar-refractivity contribution in [1.29, 1.82) is 0 Å². The van der Waals surface area contributed by atoms with Crippen LogP contribution in [0, 0.1) is 0 Å². The fraction of sp³-hybridized carbons (Fsp3) is 0.0455. The Morgan fingerprint density at radius 2 is 1.79 bits per heavy atom. The lowest BCUT2D eigenvalue weighted by Gasteiger charge is -2.09. The molecule has 0 saturated heterocycles. The number of rotatable bonds is 5. The van der Waals surface area contributed by atoms with Crippen LogP contribution in [-0.2, 0) is 0 Å². The van der Waals surface area contributed by atoms with E-state index in [0.717, 1.165) is 27.8 Å². The van der Waals surface area contributed by atoms with Gasteiger partial charge in [0, 0.05) is 10.9 Å². The fourth-order valence-electron chi connectivity index (χ4n) is 2.82. The zero-order chi connectivity index (χ0) is 20.2. The van der Waals surface area contributed by atoms with Gasteiger partial charge in [-0.3, -0.25) is 5.43 Å².